The van der Waals surface area contributed by atoms with Gasteiger partial charge in [-0.2, -0.15) is 0 Å². The topological polar surface area (TPSA) is 49.4 Å². The molecule has 0 bridgehead atoms. The highest BCUT2D eigenvalue weighted by atomic mass is 16.2. The van der Waals surface area contributed by atoms with E-state index in [2.05, 4.69) is 42.6 Å². The van der Waals surface area contributed by atoms with Crippen LogP contribution in [0.1, 0.15) is 91.8 Å². The normalized spacial score (nSPS) is 13.8. The number of nitrogens with one attached hydrogen (secondary N) is 1. The molecule has 0 atom stereocenters. The van der Waals surface area contributed by atoms with Crippen LogP contribution < -0.4 is 10.2 Å². The molecule has 0 radical (unpaired) electrons. The highest BCUT2D eigenvalue weighted by Gasteiger charge is 2.31. The Morgan fingerprint density at radius 3 is 1.95 bits per heavy atom. The van der Waals surface area contributed by atoms with Crippen molar-refractivity contribution in [3.63, 3.8) is 0 Å². The first kappa shape index (κ1) is 24.7. The number of carbonyl (C=O) groups is 2. The summed E-state index contributed by atoms with van der Waals surface area (Å²) >= 11 is 0. The molecule has 6 rings (SSSR count). The van der Waals surface area contributed by atoms with E-state index in [9.17, 15) is 9.59 Å². The molecule has 4 aromatic rings. The number of carbonyl (C=O) groups excluding carboxylic acids is 2. The summed E-state index contributed by atoms with van der Waals surface area (Å²) in [6.07, 6.45) is 12.9. The van der Waals surface area contributed by atoms with Gasteiger partial charge in [0.2, 0.25) is 0 Å². The van der Waals surface area contributed by atoms with Crippen LogP contribution in [0.5, 0.6) is 0 Å². The Bertz CT molecular complexity index is 1540. The lowest BCUT2D eigenvalue weighted by Crippen LogP contribution is -2.27. The van der Waals surface area contributed by atoms with E-state index in [0.29, 0.717) is 0 Å². The summed E-state index contributed by atoms with van der Waals surface area (Å²) in [6, 6.07) is 20.4. The van der Waals surface area contributed by atoms with Gasteiger partial charge in [0.1, 0.15) is 0 Å². The minimum absolute atomic E-state index is 0.0450. The maximum Gasteiger partial charge on any atom is 0.258 e. The second-order valence-electron chi connectivity index (χ2n) is 10.8. The average Bonchev–Trinajstić information content (AvgIpc) is 3.41. The van der Waals surface area contributed by atoms with E-state index in [4.69, 9.17) is 0 Å². The van der Waals surface area contributed by atoms with Gasteiger partial charge in [0.25, 0.3) is 11.8 Å². The molecule has 0 spiro atoms. The predicted octanol–water partition coefficient (Wildman–Crippen LogP) is 9.11. The van der Waals surface area contributed by atoms with Gasteiger partial charge in [0, 0.05) is 34.1 Å². The second kappa shape index (κ2) is 10.6. The fourth-order valence-corrected chi connectivity index (χ4v) is 6.38. The van der Waals surface area contributed by atoms with Crippen molar-refractivity contribution in [3.05, 3.63) is 71.8 Å². The second-order valence-corrected chi connectivity index (χ2v) is 10.8. The summed E-state index contributed by atoms with van der Waals surface area (Å²) in [5.74, 6) is 0.0743. The summed E-state index contributed by atoms with van der Waals surface area (Å²) in [5, 5.41) is 7.18. The summed E-state index contributed by atoms with van der Waals surface area (Å²) in [5.41, 5.74) is 5.61. The summed E-state index contributed by atoms with van der Waals surface area (Å²) in [4.78, 5) is 27.9. The van der Waals surface area contributed by atoms with Crippen LogP contribution in [0.4, 0.5) is 11.4 Å². The van der Waals surface area contributed by atoms with Gasteiger partial charge in [-0.25, -0.2) is 0 Å². The average molecular weight is 505 g/mol. The zero-order chi connectivity index (χ0) is 26.1. The lowest BCUT2D eigenvalue weighted by Gasteiger charge is -2.18. The number of rotatable bonds is 12. The zero-order valence-corrected chi connectivity index (χ0v) is 22.3. The van der Waals surface area contributed by atoms with E-state index in [-0.39, 0.29) is 11.8 Å². The molecule has 194 valence electrons. The minimum atomic E-state index is -0.0450. The molecule has 1 N–H and O–H groups in total. The Balaban J connectivity index is 1.21. The van der Waals surface area contributed by atoms with Crippen LogP contribution in [-0.4, -0.2) is 18.4 Å². The molecule has 0 saturated carbocycles. The SMILES string of the molecule is CCCCCCCCCCCCN1C(=O)c2cccc3c(-c4ccc5c6c(cccc46)NC5=O)ccc1c23. The molecule has 4 aromatic carbocycles. The third-order valence-electron chi connectivity index (χ3n) is 8.34. The van der Waals surface area contributed by atoms with Crippen LogP contribution in [0.15, 0.2) is 60.7 Å². The van der Waals surface area contributed by atoms with Crippen molar-refractivity contribution in [2.24, 2.45) is 0 Å². The van der Waals surface area contributed by atoms with Crippen molar-refractivity contribution >= 4 is 44.7 Å². The number of benzene rings is 4. The van der Waals surface area contributed by atoms with Crippen LogP contribution >= 0.6 is 0 Å². The molecule has 2 aliphatic heterocycles. The molecule has 4 nitrogen and oxygen atoms in total. The third kappa shape index (κ3) is 4.26. The third-order valence-corrected chi connectivity index (χ3v) is 8.34. The van der Waals surface area contributed by atoms with E-state index >= 15 is 0 Å². The first-order chi connectivity index (χ1) is 18.7. The van der Waals surface area contributed by atoms with Gasteiger partial charge in [0.05, 0.1) is 5.69 Å². The van der Waals surface area contributed by atoms with Crippen LogP contribution in [0.25, 0.3) is 32.7 Å². The van der Waals surface area contributed by atoms with Crippen LogP contribution in [0.3, 0.4) is 0 Å². The van der Waals surface area contributed by atoms with Crippen LogP contribution in [-0.2, 0) is 0 Å². The molecular weight excluding hydrogens is 468 g/mol. The van der Waals surface area contributed by atoms with Gasteiger partial charge >= 0.3 is 0 Å². The molecule has 0 fully saturated rings. The van der Waals surface area contributed by atoms with Gasteiger partial charge in [0.15, 0.2) is 0 Å². The minimum Gasteiger partial charge on any atom is -0.321 e. The monoisotopic (exact) mass is 504 g/mol. The number of unbranched alkanes of at least 4 members (excludes halogenated alkanes) is 9. The van der Waals surface area contributed by atoms with Gasteiger partial charge in [-0.1, -0.05) is 101 Å². The standard InChI is InChI=1S/C34H36N2O2/c1-2-3-4-5-6-7-8-9-10-11-22-36-30-21-20-24(26-14-12-16-28(32(26)30)34(36)38)23-18-19-27-31-25(23)15-13-17-29(31)35-33(27)37/h12-21H,2-11,22H2,1H3,(H,35,37). The smallest absolute Gasteiger partial charge is 0.258 e. The fourth-order valence-electron chi connectivity index (χ4n) is 6.38. The fraction of sp³-hybridized carbons (Fsp3) is 0.353. The molecular formula is C34H36N2O2. The van der Waals surface area contributed by atoms with Gasteiger partial charge in [-0.3, -0.25) is 9.59 Å². The Hall–Kier alpha value is -3.66. The Morgan fingerprint density at radius 2 is 1.21 bits per heavy atom. The van der Waals surface area contributed by atoms with Crippen LogP contribution in [0, 0.1) is 0 Å². The van der Waals surface area contributed by atoms with Crippen molar-refractivity contribution in [2.45, 2.75) is 71.1 Å². The zero-order valence-electron chi connectivity index (χ0n) is 22.3. The summed E-state index contributed by atoms with van der Waals surface area (Å²) in [6.45, 7) is 3.03. The van der Waals surface area contributed by atoms with Crippen molar-refractivity contribution in [3.8, 4) is 11.1 Å². The molecule has 2 aliphatic rings. The lowest BCUT2D eigenvalue weighted by atomic mass is 9.91. The van der Waals surface area contributed by atoms with Gasteiger partial charge in [-0.05, 0) is 52.6 Å². The number of anilines is 2. The van der Waals surface area contributed by atoms with E-state index < -0.39 is 0 Å². The molecule has 4 heteroatoms. The quantitative estimate of drug-likeness (QED) is 0.196. The highest BCUT2D eigenvalue weighted by molar-refractivity contribution is 6.29. The summed E-state index contributed by atoms with van der Waals surface area (Å²) in [7, 11) is 0. The largest absolute Gasteiger partial charge is 0.321 e. The molecule has 38 heavy (non-hydrogen) atoms. The van der Waals surface area contributed by atoms with Crippen molar-refractivity contribution in [1.82, 2.24) is 0 Å². The maximum absolute atomic E-state index is 13.4. The van der Waals surface area contributed by atoms with E-state index in [0.717, 1.165) is 68.1 Å². The van der Waals surface area contributed by atoms with E-state index in [1.165, 1.54) is 57.8 Å². The molecule has 2 heterocycles. The Kier molecular flexibility index (Phi) is 6.88. The highest BCUT2D eigenvalue weighted by Crippen LogP contribution is 2.45. The molecule has 0 unspecified atom stereocenters. The lowest BCUT2D eigenvalue weighted by molar-refractivity contribution is 0.0991. The number of nitrogens with zero attached hydrogens (tertiary/aromatic N) is 1. The molecule has 0 aromatic heterocycles. The van der Waals surface area contributed by atoms with Gasteiger partial charge in [-0.15, -0.1) is 0 Å². The Morgan fingerprint density at radius 1 is 0.605 bits per heavy atom. The summed E-state index contributed by atoms with van der Waals surface area (Å²) < 4.78 is 0. The van der Waals surface area contributed by atoms with Crippen molar-refractivity contribution < 1.29 is 9.59 Å². The number of hydrogen-bond donors (Lipinski definition) is 1. The van der Waals surface area contributed by atoms with Crippen molar-refractivity contribution in [2.75, 3.05) is 16.8 Å². The maximum atomic E-state index is 13.4. The molecule has 2 amide bonds. The van der Waals surface area contributed by atoms with E-state index in [1.54, 1.807) is 0 Å². The molecule has 0 aliphatic carbocycles. The number of amides is 2. The molecule has 0 saturated heterocycles. The Labute approximate surface area is 225 Å². The van der Waals surface area contributed by atoms with Crippen molar-refractivity contribution in [1.29, 1.82) is 0 Å². The van der Waals surface area contributed by atoms with E-state index in [1.807, 2.05) is 35.2 Å². The van der Waals surface area contributed by atoms with Gasteiger partial charge < -0.3 is 10.2 Å². The predicted molar refractivity (Wildman–Crippen MR) is 158 cm³/mol. The first-order valence-corrected chi connectivity index (χ1v) is 14.4. The van der Waals surface area contributed by atoms with Crippen LogP contribution in [0.2, 0.25) is 0 Å². The number of hydrogen-bond acceptors (Lipinski definition) is 2. The first-order valence-electron chi connectivity index (χ1n) is 14.4.